The van der Waals surface area contributed by atoms with Crippen LogP contribution in [0.2, 0.25) is 0 Å². The second-order valence-corrected chi connectivity index (χ2v) is 5.75. The number of hydrogen-bond acceptors (Lipinski definition) is 3. The summed E-state index contributed by atoms with van der Waals surface area (Å²) in [4.78, 5) is 4.52. The van der Waals surface area contributed by atoms with Gasteiger partial charge in [0, 0.05) is 32.9 Å². The molecule has 0 aliphatic carbocycles. The summed E-state index contributed by atoms with van der Waals surface area (Å²) in [6.45, 7) is 10.3. The number of nitrogens with zero attached hydrogens (tertiary/aromatic N) is 3. The fourth-order valence-electron chi connectivity index (χ4n) is 1.91. The van der Waals surface area contributed by atoms with Gasteiger partial charge < -0.3 is 15.4 Å². The minimum Gasteiger partial charge on any atom is -0.380 e. The third-order valence-corrected chi connectivity index (χ3v) is 3.15. The highest BCUT2D eigenvalue weighted by Gasteiger charge is 1.99. The van der Waals surface area contributed by atoms with E-state index in [4.69, 9.17) is 4.74 Å². The Morgan fingerprint density at radius 1 is 1.36 bits per heavy atom. The molecule has 0 amide bonds. The summed E-state index contributed by atoms with van der Waals surface area (Å²) in [5, 5.41) is 10.7. The Morgan fingerprint density at radius 2 is 2.18 bits per heavy atom. The van der Waals surface area contributed by atoms with Crippen molar-refractivity contribution in [3.8, 4) is 0 Å². The van der Waals surface area contributed by atoms with Gasteiger partial charge in [0.1, 0.15) is 0 Å². The number of hydrogen-bond donors (Lipinski definition) is 2. The zero-order valence-electron chi connectivity index (χ0n) is 14.4. The minimum atomic E-state index is 0.673. The van der Waals surface area contributed by atoms with Crippen LogP contribution in [0, 0.1) is 5.92 Å². The molecule has 126 valence electrons. The molecule has 0 atom stereocenters. The van der Waals surface area contributed by atoms with E-state index in [9.17, 15) is 0 Å². The van der Waals surface area contributed by atoms with Crippen molar-refractivity contribution in [2.75, 3.05) is 32.8 Å². The number of guanidine groups is 1. The van der Waals surface area contributed by atoms with Gasteiger partial charge in [0.05, 0.1) is 19.3 Å². The van der Waals surface area contributed by atoms with E-state index in [0.29, 0.717) is 19.1 Å². The first-order valence-electron chi connectivity index (χ1n) is 8.19. The first-order chi connectivity index (χ1) is 10.6. The van der Waals surface area contributed by atoms with Crippen molar-refractivity contribution in [2.45, 2.75) is 33.6 Å². The molecule has 1 aromatic rings. The fourth-order valence-corrected chi connectivity index (χ4v) is 1.91. The maximum Gasteiger partial charge on any atom is 0.191 e. The molecule has 1 heterocycles. The highest BCUT2D eigenvalue weighted by molar-refractivity contribution is 5.79. The number of aromatic nitrogens is 2. The van der Waals surface area contributed by atoms with Crippen molar-refractivity contribution in [1.29, 1.82) is 0 Å². The van der Waals surface area contributed by atoms with E-state index in [-0.39, 0.29) is 0 Å². The predicted octanol–water partition coefficient (Wildman–Crippen LogP) is 1.58. The molecule has 0 aliphatic heterocycles. The lowest BCUT2D eigenvalue weighted by Crippen LogP contribution is -2.38. The Morgan fingerprint density at radius 3 is 2.82 bits per heavy atom. The molecular formula is C16H31N5O. The molecule has 0 saturated carbocycles. The predicted molar refractivity (Wildman–Crippen MR) is 91.2 cm³/mol. The van der Waals surface area contributed by atoms with Crippen LogP contribution in [-0.4, -0.2) is 48.6 Å². The van der Waals surface area contributed by atoms with Crippen molar-refractivity contribution in [2.24, 2.45) is 18.0 Å². The van der Waals surface area contributed by atoms with Crippen LogP contribution in [-0.2, 0) is 18.2 Å². The SMILES string of the molecule is CCNC(=NCCOCCC(C)C)NCCc1cnn(C)c1. The van der Waals surface area contributed by atoms with Gasteiger partial charge in [-0.15, -0.1) is 0 Å². The zero-order chi connectivity index (χ0) is 16.2. The fraction of sp³-hybridized carbons (Fsp3) is 0.750. The van der Waals surface area contributed by atoms with Gasteiger partial charge in [-0.1, -0.05) is 13.8 Å². The van der Waals surface area contributed by atoms with Crippen molar-refractivity contribution >= 4 is 5.96 Å². The van der Waals surface area contributed by atoms with E-state index in [1.807, 2.05) is 24.1 Å². The summed E-state index contributed by atoms with van der Waals surface area (Å²) in [5.74, 6) is 1.54. The molecule has 0 unspecified atom stereocenters. The third kappa shape index (κ3) is 8.67. The van der Waals surface area contributed by atoms with Crippen LogP contribution in [0.3, 0.4) is 0 Å². The molecule has 0 spiro atoms. The highest BCUT2D eigenvalue weighted by Crippen LogP contribution is 1.98. The molecule has 6 nitrogen and oxygen atoms in total. The number of rotatable bonds is 10. The molecule has 0 bridgehead atoms. The topological polar surface area (TPSA) is 63.5 Å². The Labute approximate surface area is 134 Å². The molecule has 0 aromatic carbocycles. The van der Waals surface area contributed by atoms with E-state index >= 15 is 0 Å². The molecule has 0 saturated heterocycles. The summed E-state index contributed by atoms with van der Waals surface area (Å²) in [6.07, 6.45) is 5.97. The van der Waals surface area contributed by atoms with Crippen LogP contribution >= 0.6 is 0 Å². The van der Waals surface area contributed by atoms with Crippen LogP contribution in [0.25, 0.3) is 0 Å². The van der Waals surface area contributed by atoms with Crippen LogP contribution < -0.4 is 10.6 Å². The van der Waals surface area contributed by atoms with Crippen molar-refractivity contribution in [3.63, 3.8) is 0 Å². The van der Waals surface area contributed by atoms with E-state index in [2.05, 4.69) is 41.5 Å². The second-order valence-electron chi connectivity index (χ2n) is 5.75. The Kier molecular flexibility index (Phi) is 9.30. The van der Waals surface area contributed by atoms with E-state index < -0.39 is 0 Å². The normalized spacial score (nSPS) is 12.0. The second kappa shape index (κ2) is 11.1. The van der Waals surface area contributed by atoms with Gasteiger partial charge in [-0.25, -0.2) is 0 Å². The minimum absolute atomic E-state index is 0.673. The van der Waals surface area contributed by atoms with Gasteiger partial charge in [-0.2, -0.15) is 5.10 Å². The summed E-state index contributed by atoms with van der Waals surface area (Å²) < 4.78 is 7.40. The average molecular weight is 309 g/mol. The maximum absolute atomic E-state index is 5.58. The van der Waals surface area contributed by atoms with Gasteiger partial charge in [-0.05, 0) is 31.2 Å². The quantitative estimate of drug-likeness (QED) is 0.391. The van der Waals surface area contributed by atoms with E-state index in [1.54, 1.807) is 0 Å². The van der Waals surface area contributed by atoms with Crippen molar-refractivity contribution in [1.82, 2.24) is 20.4 Å². The molecule has 0 fully saturated rings. The number of nitrogens with one attached hydrogen (secondary N) is 2. The smallest absolute Gasteiger partial charge is 0.191 e. The lowest BCUT2D eigenvalue weighted by Gasteiger charge is -2.11. The van der Waals surface area contributed by atoms with Gasteiger partial charge in [0.15, 0.2) is 5.96 Å². The first kappa shape index (κ1) is 18.5. The molecule has 0 radical (unpaired) electrons. The first-order valence-corrected chi connectivity index (χ1v) is 8.19. The van der Waals surface area contributed by atoms with Crippen molar-refractivity contribution < 1.29 is 4.74 Å². The maximum atomic E-state index is 5.58. The van der Waals surface area contributed by atoms with E-state index in [1.165, 1.54) is 5.56 Å². The lowest BCUT2D eigenvalue weighted by atomic mass is 10.1. The van der Waals surface area contributed by atoms with Crippen LogP contribution in [0.4, 0.5) is 0 Å². The number of aliphatic imine (C=N–C) groups is 1. The Balaban J connectivity index is 2.20. The Hall–Kier alpha value is -1.56. The van der Waals surface area contributed by atoms with Crippen molar-refractivity contribution in [3.05, 3.63) is 18.0 Å². The standard InChI is InChI=1S/C16H31N5O/c1-5-17-16(19-9-11-22-10-7-14(2)3)18-8-6-15-12-20-21(4)13-15/h12-14H,5-11H2,1-4H3,(H2,17,18,19). The number of aryl methyl sites for hydroxylation is 1. The molecule has 1 aromatic heterocycles. The Bertz CT molecular complexity index is 428. The number of ether oxygens (including phenoxy) is 1. The van der Waals surface area contributed by atoms with Gasteiger partial charge in [0.25, 0.3) is 0 Å². The molecule has 22 heavy (non-hydrogen) atoms. The largest absolute Gasteiger partial charge is 0.380 e. The van der Waals surface area contributed by atoms with Crippen LogP contribution in [0.5, 0.6) is 0 Å². The van der Waals surface area contributed by atoms with E-state index in [0.717, 1.165) is 38.5 Å². The highest BCUT2D eigenvalue weighted by atomic mass is 16.5. The zero-order valence-corrected chi connectivity index (χ0v) is 14.4. The molecule has 0 aliphatic rings. The molecular weight excluding hydrogens is 278 g/mol. The monoisotopic (exact) mass is 309 g/mol. The summed E-state index contributed by atoms with van der Waals surface area (Å²) in [5.41, 5.74) is 1.22. The van der Waals surface area contributed by atoms with Gasteiger partial charge >= 0.3 is 0 Å². The van der Waals surface area contributed by atoms with Crippen LogP contribution in [0.15, 0.2) is 17.4 Å². The third-order valence-electron chi connectivity index (χ3n) is 3.15. The van der Waals surface area contributed by atoms with Gasteiger partial charge in [-0.3, -0.25) is 9.67 Å². The molecule has 2 N–H and O–H groups in total. The summed E-state index contributed by atoms with van der Waals surface area (Å²) in [6, 6.07) is 0. The molecule has 1 rings (SSSR count). The molecule has 6 heteroatoms. The lowest BCUT2D eigenvalue weighted by molar-refractivity contribution is 0.130. The average Bonchev–Trinajstić information content (AvgIpc) is 2.88. The summed E-state index contributed by atoms with van der Waals surface area (Å²) >= 11 is 0. The summed E-state index contributed by atoms with van der Waals surface area (Å²) in [7, 11) is 1.93. The van der Waals surface area contributed by atoms with Gasteiger partial charge in [0.2, 0.25) is 0 Å². The van der Waals surface area contributed by atoms with Crippen LogP contribution in [0.1, 0.15) is 32.8 Å².